The lowest BCUT2D eigenvalue weighted by molar-refractivity contribution is -0.138. The maximum absolute atomic E-state index is 13.5. The fourth-order valence-corrected chi connectivity index (χ4v) is 5.65. The molecular weight excluding hydrogens is 558 g/mol. The zero-order valence-corrected chi connectivity index (χ0v) is 24.9. The van der Waals surface area contributed by atoms with Gasteiger partial charge >= 0.3 is 0 Å². The average Bonchev–Trinajstić information content (AvgIpc) is 3.70. The van der Waals surface area contributed by atoms with Crippen molar-refractivity contribution in [1.82, 2.24) is 19.4 Å². The maximum atomic E-state index is 13.5. The second-order valence-corrected chi connectivity index (χ2v) is 11.0. The number of methoxy groups -OCH3 is 2. The smallest absolute Gasteiger partial charge is 0.246 e. The van der Waals surface area contributed by atoms with E-state index in [0.717, 1.165) is 50.0 Å². The first-order chi connectivity index (χ1) is 20.4. The number of rotatable bonds is 11. The lowest BCUT2D eigenvalue weighted by Crippen LogP contribution is -2.46. The predicted octanol–water partition coefficient (Wildman–Crippen LogP) is 4.50. The Bertz CT molecular complexity index is 1370. The minimum absolute atomic E-state index is 0.0206. The summed E-state index contributed by atoms with van der Waals surface area (Å²) < 4.78 is 18.2. The molecule has 0 atom stereocenters. The summed E-state index contributed by atoms with van der Waals surface area (Å²) in [5, 5.41) is 3.60. The van der Waals surface area contributed by atoms with E-state index in [1.54, 1.807) is 41.9 Å². The lowest BCUT2D eigenvalue weighted by Gasteiger charge is -2.31. The summed E-state index contributed by atoms with van der Waals surface area (Å²) in [6.45, 7) is 4.17. The summed E-state index contributed by atoms with van der Waals surface area (Å²) in [5.74, 6) is 1.20. The Labute approximate surface area is 251 Å². The molecule has 2 fully saturated rings. The number of anilines is 1. The largest absolute Gasteiger partial charge is 0.493 e. The molecule has 2 aliphatic rings. The van der Waals surface area contributed by atoms with Gasteiger partial charge < -0.3 is 19.1 Å². The summed E-state index contributed by atoms with van der Waals surface area (Å²) in [5.41, 5.74) is 2.22. The molecule has 0 spiro atoms. The molecule has 0 bridgehead atoms. The molecule has 2 heterocycles. The molecule has 3 aromatic rings. The Morgan fingerprint density at radius 2 is 1.76 bits per heavy atom. The van der Waals surface area contributed by atoms with Gasteiger partial charge in [-0.2, -0.15) is 0 Å². The highest BCUT2D eigenvalue weighted by atomic mass is 35.5. The van der Waals surface area contributed by atoms with E-state index in [4.69, 9.17) is 30.8 Å². The second-order valence-electron chi connectivity index (χ2n) is 10.6. The zero-order chi connectivity index (χ0) is 29.5. The SMILES string of the molecule is COc1ccc(-n2cc(-c3ccc(Cl)cc3)nc2NC(=O)CN(CCN2CCOCC2)C(=O)C2CCCC2)cc1OC. The van der Waals surface area contributed by atoms with Gasteiger partial charge in [0.2, 0.25) is 17.8 Å². The molecule has 11 heteroatoms. The van der Waals surface area contributed by atoms with Crippen LogP contribution in [0.25, 0.3) is 16.9 Å². The van der Waals surface area contributed by atoms with Crippen molar-refractivity contribution in [1.29, 1.82) is 0 Å². The molecule has 1 saturated heterocycles. The van der Waals surface area contributed by atoms with Gasteiger partial charge in [-0.1, -0.05) is 36.6 Å². The van der Waals surface area contributed by atoms with Crippen LogP contribution in [0.1, 0.15) is 25.7 Å². The summed E-state index contributed by atoms with van der Waals surface area (Å²) >= 11 is 6.11. The molecule has 1 aliphatic carbocycles. The number of carbonyl (C=O) groups excluding carboxylic acids is 2. The first-order valence-corrected chi connectivity index (χ1v) is 14.8. The van der Waals surface area contributed by atoms with Crippen LogP contribution in [-0.2, 0) is 14.3 Å². The van der Waals surface area contributed by atoms with Crippen molar-refractivity contribution in [2.24, 2.45) is 5.92 Å². The molecule has 2 aromatic carbocycles. The highest BCUT2D eigenvalue weighted by molar-refractivity contribution is 6.30. The molecule has 224 valence electrons. The molecule has 42 heavy (non-hydrogen) atoms. The number of imidazole rings is 1. The van der Waals surface area contributed by atoms with Crippen LogP contribution in [0.15, 0.2) is 48.7 Å². The van der Waals surface area contributed by atoms with E-state index >= 15 is 0 Å². The van der Waals surface area contributed by atoms with Crippen molar-refractivity contribution < 1.29 is 23.8 Å². The number of ether oxygens (including phenoxy) is 3. The molecule has 10 nitrogen and oxygen atoms in total. The van der Waals surface area contributed by atoms with Gasteiger partial charge in [0.25, 0.3) is 0 Å². The number of hydrogen-bond donors (Lipinski definition) is 1. The van der Waals surface area contributed by atoms with E-state index in [1.807, 2.05) is 30.5 Å². The normalized spacial score (nSPS) is 15.9. The Kier molecular flexibility index (Phi) is 9.99. The second kappa shape index (κ2) is 14.0. The van der Waals surface area contributed by atoms with Gasteiger partial charge in [0.1, 0.15) is 0 Å². The highest BCUT2D eigenvalue weighted by Crippen LogP contribution is 2.32. The Morgan fingerprint density at radius 1 is 1.05 bits per heavy atom. The third kappa shape index (κ3) is 7.24. The van der Waals surface area contributed by atoms with E-state index in [-0.39, 0.29) is 24.3 Å². The monoisotopic (exact) mass is 595 g/mol. The fraction of sp³-hybridized carbons (Fsp3) is 0.452. The van der Waals surface area contributed by atoms with Crippen molar-refractivity contribution in [2.45, 2.75) is 25.7 Å². The fourth-order valence-electron chi connectivity index (χ4n) is 5.52. The molecule has 1 N–H and O–H groups in total. The molecule has 1 aliphatic heterocycles. The minimum Gasteiger partial charge on any atom is -0.493 e. The standard InChI is InChI=1S/C31H38ClN5O5/c1-40-27-12-11-25(19-28(27)41-2)37-20-26(22-7-9-24(32)10-8-22)33-31(37)34-29(38)21-36(30(39)23-5-3-4-6-23)14-13-35-15-17-42-18-16-35/h7-12,19-20,23H,3-6,13-18,21H2,1-2H3,(H,33,34,38). The molecule has 5 rings (SSSR count). The van der Waals surface area contributed by atoms with Crippen LogP contribution in [0.3, 0.4) is 0 Å². The van der Waals surface area contributed by atoms with Crippen LogP contribution in [0.2, 0.25) is 5.02 Å². The Balaban J connectivity index is 1.39. The highest BCUT2D eigenvalue weighted by Gasteiger charge is 2.29. The predicted molar refractivity (Wildman–Crippen MR) is 162 cm³/mol. The summed E-state index contributed by atoms with van der Waals surface area (Å²) in [7, 11) is 3.15. The van der Waals surface area contributed by atoms with Crippen molar-refractivity contribution in [3.63, 3.8) is 0 Å². The number of carbonyl (C=O) groups is 2. The quantitative estimate of drug-likeness (QED) is 0.349. The maximum Gasteiger partial charge on any atom is 0.246 e. The van der Waals surface area contributed by atoms with Gasteiger partial charge in [0.15, 0.2) is 11.5 Å². The van der Waals surface area contributed by atoms with Gasteiger partial charge in [0, 0.05) is 54.9 Å². The van der Waals surface area contributed by atoms with E-state index < -0.39 is 0 Å². The minimum atomic E-state index is -0.307. The van der Waals surface area contributed by atoms with Crippen LogP contribution >= 0.6 is 11.6 Å². The summed E-state index contributed by atoms with van der Waals surface area (Å²) in [6.07, 6.45) is 5.71. The Morgan fingerprint density at radius 3 is 2.45 bits per heavy atom. The van der Waals surface area contributed by atoms with Gasteiger partial charge in [-0.25, -0.2) is 4.98 Å². The Hall–Kier alpha value is -3.60. The van der Waals surface area contributed by atoms with Crippen LogP contribution in [0.4, 0.5) is 5.95 Å². The van der Waals surface area contributed by atoms with Crippen LogP contribution in [-0.4, -0.2) is 91.3 Å². The number of amides is 2. The summed E-state index contributed by atoms with van der Waals surface area (Å²) in [4.78, 5) is 35.8. The topological polar surface area (TPSA) is 98.2 Å². The number of halogens is 1. The molecule has 1 saturated carbocycles. The number of morpholine rings is 1. The lowest BCUT2D eigenvalue weighted by atomic mass is 10.1. The van der Waals surface area contributed by atoms with Crippen LogP contribution in [0, 0.1) is 5.92 Å². The first-order valence-electron chi connectivity index (χ1n) is 14.4. The molecule has 0 radical (unpaired) electrons. The number of benzene rings is 2. The van der Waals surface area contributed by atoms with Crippen LogP contribution in [0.5, 0.6) is 11.5 Å². The van der Waals surface area contributed by atoms with Crippen molar-refractivity contribution in [2.75, 3.05) is 65.5 Å². The van der Waals surface area contributed by atoms with Crippen molar-refractivity contribution >= 4 is 29.4 Å². The van der Waals surface area contributed by atoms with Crippen molar-refractivity contribution in [3.8, 4) is 28.4 Å². The molecule has 0 unspecified atom stereocenters. The number of nitrogens with one attached hydrogen (secondary N) is 1. The third-order valence-corrected chi connectivity index (χ3v) is 8.13. The number of hydrogen-bond acceptors (Lipinski definition) is 7. The van der Waals surface area contributed by atoms with Gasteiger partial charge in [-0.15, -0.1) is 0 Å². The third-order valence-electron chi connectivity index (χ3n) is 7.88. The van der Waals surface area contributed by atoms with E-state index in [0.29, 0.717) is 54.5 Å². The van der Waals surface area contributed by atoms with Gasteiger partial charge in [0.05, 0.1) is 45.4 Å². The van der Waals surface area contributed by atoms with E-state index in [2.05, 4.69) is 10.2 Å². The van der Waals surface area contributed by atoms with Gasteiger partial charge in [-0.05, 0) is 37.1 Å². The summed E-state index contributed by atoms with van der Waals surface area (Å²) in [6, 6.07) is 12.8. The van der Waals surface area contributed by atoms with Gasteiger partial charge in [-0.3, -0.25) is 24.4 Å². The van der Waals surface area contributed by atoms with Crippen molar-refractivity contribution in [3.05, 3.63) is 53.7 Å². The molecular formula is C31H38ClN5O5. The van der Waals surface area contributed by atoms with E-state index in [9.17, 15) is 9.59 Å². The number of nitrogens with zero attached hydrogens (tertiary/aromatic N) is 4. The number of aromatic nitrogens is 2. The first kappa shape index (κ1) is 29.9. The van der Waals surface area contributed by atoms with E-state index in [1.165, 1.54) is 0 Å². The molecule has 2 amide bonds. The average molecular weight is 596 g/mol. The molecule has 1 aromatic heterocycles. The van der Waals surface area contributed by atoms with Crippen LogP contribution < -0.4 is 14.8 Å². The zero-order valence-electron chi connectivity index (χ0n) is 24.2.